The Morgan fingerprint density at radius 1 is 1.17 bits per heavy atom. The molecule has 0 bridgehead atoms. The fourth-order valence-electron chi connectivity index (χ4n) is 1.18. The Hall–Kier alpha value is -2.32. The number of primary amides is 1. The molecule has 9 nitrogen and oxygen atoms in total. The fraction of sp³-hybridized carbons (Fsp3) is 0.556. The van der Waals surface area contributed by atoms with Crippen molar-refractivity contribution in [3.05, 3.63) is 0 Å². The maximum atomic E-state index is 11.5. The summed E-state index contributed by atoms with van der Waals surface area (Å²) in [6.45, 7) is -0.00871. The van der Waals surface area contributed by atoms with E-state index in [0.29, 0.717) is 4.90 Å². The lowest BCUT2D eigenvalue weighted by molar-refractivity contribution is -0.140. The minimum Gasteiger partial charge on any atom is -0.480 e. The first-order chi connectivity index (χ1) is 8.22. The molecule has 0 saturated heterocycles. The van der Waals surface area contributed by atoms with Crippen molar-refractivity contribution < 1.29 is 29.4 Å². The van der Waals surface area contributed by atoms with Gasteiger partial charge in [0.15, 0.2) is 0 Å². The molecule has 0 rings (SSSR count). The van der Waals surface area contributed by atoms with E-state index in [1.165, 1.54) is 6.92 Å². The molecule has 0 aliphatic carbocycles. The molecule has 0 heterocycles. The average molecular weight is 261 g/mol. The van der Waals surface area contributed by atoms with E-state index in [9.17, 15) is 19.2 Å². The number of urea groups is 1. The van der Waals surface area contributed by atoms with Gasteiger partial charge in [-0.2, -0.15) is 0 Å². The van der Waals surface area contributed by atoms with Gasteiger partial charge in [-0.15, -0.1) is 0 Å². The monoisotopic (exact) mass is 261 g/mol. The van der Waals surface area contributed by atoms with Crippen LogP contribution in [0.1, 0.15) is 13.3 Å². The second kappa shape index (κ2) is 7.09. The van der Waals surface area contributed by atoms with Gasteiger partial charge < -0.3 is 26.2 Å². The number of amides is 3. The van der Waals surface area contributed by atoms with E-state index in [4.69, 9.17) is 15.9 Å². The summed E-state index contributed by atoms with van der Waals surface area (Å²) in [4.78, 5) is 43.7. The van der Waals surface area contributed by atoms with Crippen LogP contribution in [0.2, 0.25) is 0 Å². The largest absolute Gasteiger partial charge is 0.480 e. The Morgan fingerprint density at radius 3 is 1.94 bits per heavy atom. The molecule has 102 valence electrons. The highest BCUT2D eigenvalue weighted by atomic mass is 16.4. The van der Waals surface area contributed by atoms with E-state index in [0.717, 1.165) is 0 Å². The van der Waals surface area contributed by atoms with Crippen LogP contribution in [0, 0.1) is 0 Å². The highest BCUT2D eigenvalue weighted by molar-refractivity contribution is 5.84. The normalized spacial score (nSPS) is 11.4. The smallest absolute Gasteiger partial charge is 0.323 e. The molecule has 0 radical (unpaired) electrons. The van der Waals surface area contributed by atoms with E-state index >= 15 is 0 Å². The van der Waals surface area contributed by atoms with Gasteiger partial charge in [0.05, 0.1) is 0 Å². The lowest BCUT2D eigenvalue weighted by atomic mass is 10.2. The summed E-state index contributed by atoms with van der Waals surface area (Å²) in [5.74, 6) is -3.31. The molecule has 0 aliphatic rings. The number of aliphatic carboxylic acids is 2. The molecule has 0 aromatic carbocycles. The molecule has 0 saturated carbocycles. The van der Waals surface area contributed by atoms with Crippen LogP contribution in [0.15, 0.2) is 0 Å². The van der Waals surface area contributed by atoms with Gasteiger partial charge in [-0.3, -0.25) is 14.4 Å². The number of nitrogens with two attached hydrogens (primary N) is 1. The van der Waals surface area contributed by atoms with Crippen molar-refractivity contribution in [2.24, 2.45) is 5.73 Å². The SMILES string of the molecule is CC(CC(N)=O)NC(=O)N(CC(=O)O)CC(=O)O. The number of hydrogen-bond acceptors (Lipinski definition) is 4. The summed E-state index contributed by atoms with van der Waals surface area (Å²) in [7, 11) is 0. The highest BCUT2D eigenvalue weighted by Gasteiger charge is 2.21. The van der Waals surface area contributed by atoms with Crippen LogP contribution in [0.3, 0.4) is 0 Å². The van der Waals surface area contributed by atoms with Crippen molar-refractivity contribution in [3.63, 3.8) is 0 Å². The third kappa shape index (κ3) is 7.04. The van der Waals surface area contributed by atoms with Crippen LogP contribution in [0.25, 0.3) is 0 Å². The number of nitrogens with one attached hydrogen (secondary N) is 1. The zero-order valence-electron chi connectivity index (χ0n) is 9.75. The molecule has 0 fully saturated rings. The summed E-state index contributed by atoms with van der Waals surface area (Å²) in [6.07, 6.45) is -0.125. The molecule has 3 amide bonds. The highest BCUT2D eigenvalue weighted by Crippen LogP contribution is 1.95. The van der Waals surface area contributed by atoms with Gasteiger partial charge in [-0.05, 0) is 6.92 Å². The predicted octanol–water partition coefficient (Wildman–Crippen LogP) is -1.57. The Morgan fingerprint density at radius 2 is 1.61 bits per heavy atom. The summed E-state index contributed by atoms with van der Waals surface area (Å²) in [5.41, 5.74) is 4.91. The van der Waals surface area contributed by atoms with Crippen molar-refractivity contribution in [1.82, 2.24) is 10.2 Å². The topological polar surface area (TPSA) is 150 Å². The number of carbonyl (C=O) groups is 4. The van der Waals surface area contributed by atoms with Gasteiger partial charge in [0.2, 0.25) is 5.91 Å². The molecule has 1 atom stereocenters. The standard InChI is InChI=1S/C9H15N3O6/c1-5(2-6(10)13)11-9(18)12(3-7(14)15)4-8(16)17/h5H,2-4H2,1H3,(H2,10,13)(H,11,18)(H,14,15)(H,16,17). The Balaban J connectivity index is 4.49. The van der Waals surface area contributed by atoms with E-state index in [1.54, 1.807) is 0 Å². The van der Waals surface area contributed by atoms with Crippen molar-refractivity contribution in [2.45, 2.75) is 19.4 Å². The van der Waals surface area contributed by atoms with Crippen LogP contribution in [-0.4, -0.2) is 58.1 Å². The molecular formula is C9H15N3O6. The average Bonchev–Trinajstić information content (AvgIpc) is 2.13. The summed E-state index contributed by atoms with van der Waals surface area (Å²) in [6, 6.07) is -1.49. The zero-order valence-corrected chi connectivity index (χ0v) is 9.75. The Bertz CT molecular complexity index is 340. The molecule has 1 unspecified atom stereocenters. The number of hydrogen-bond donors (Lipinski definition) is 4. The second-order valence-electron chi connectivity index (χ2n) is 3.66. The molecule has 0 aromatic rings. The molecular weight excluding hydrogens is 246 g/mol. The summed E-state index contributed by atoms with van der Waals surface area (Å²) in [5, 5.41) is 19.4. The van der Waals surface area contributed by atoms with Crippen molar-refractivity contribution >= 4 is 23.9 Å². The van der Waals surface area contributed by atoms with Crippen LogP contribution in [0.5, 0.6) is 0 Å². The van der Waals surface area contributed by atoms with Crippen LogP contribution in [0.4, 0.5) is 4.79 Å². The minimum atomic E-state index is -1.34. The number of carboxylic acid groups (broad SMARTS) is 2. The Kier molecular flexibility index (Phi) is 6.18. The fourth-order valence-corrected chi connectivity index (χ4v) is 1.18. The number of carboxylic acids is 2. The summed E-state index contributed by atoms with van der Waals surface area (Å²) >= 11 is 0. The number of rotatable bonds is 7. The summed E-state index contributed by atoms with van der Waals surface area (Å²) < 4.78 is 0. The first-order valence-corrected chi connectivity index (χ1v) is 4.99. The van der Waals surface area contributed by atoms with Crippen molar-refractivity contribution in [3.8, 4) is 0 Å². The molecule has 0 aliphatic heterocycles. The molecule has 5 N–H and O–H groups in total. The third-order valence-corrected chi connectivity index (χ3v) is 1.82. The van der Waals surface area contributed by atoms with Gasteiger partial charge in [0.25, 0.3) is 0 Å². The first kappa shape index (κ1) is 15.7. The lowest BCUT2D eigenvalue weighted by Gasteiger charge is -2.21. The second-order valence-corrected chi connectivity index (χ2v) is 3.66. The van der Waals surface area contributed by atoms with Crippen LogP contribution in [-0.2, 0) is 14.4 Å². The van der Waals surface area contributed by atoms with Gasteiger partial charge in [-0.1, -0.05) is 0 Å². The Labute approximate surface area is 103 Å². The van der Waals surface area contributed by atoms with Gasteiger partial charge in [0, 0.05) is 12.5 Å². The third-order valence-electron chi connectivity index (χ3n) is 1.82. The molecule has 9 heteroatoms. The van der Waals surface area contributed by atoms with Crippen LogP contribution < -0.4 is 11.1 Å². The van der Waals surface area contributed by atoms with E-state index in [2.05, 4.69) is 5.32 Å². The van der Waals surface area contributed by atoms with Crippen LogP contribution >= 0.6 is 0 Å². The van der Waals surface area contributed by atoms with E-state index in [1.807, 2.05) is 0 Å². The maximum Gasteiger partial charge on any atom is 0.323 e. The predicted molar refractivity (Wildman–Crippen MR) is 58.6 cm³/mol. The van der Waals surface area contributed by atoms with Gasteiger partial charge >= 0.3 is 18.0 Å². The molecule has 18 heavy (non-hydrogen) atoms. The number of carbonyl (C=O) groups excluding carboxylic acids is 2. The van der Waals surface area contributed by atoms with Gasteiger partial charge in [0.1, 0.15) is 13.1 Å². The first-order valence-electron chi connectivity index (χ1n) is 4.99. The zero-order chi connectivity index (χ0) is 14.3. The maximum absolute atomic E-state index is 11.5. The van der Waals surface area contributed by atoms with Crippen molar-refractivity contribution in [1.29, 1.82) is 0 Å². The molecule has 0 spiro atoms. The van der Waals surface area contributed by atoms with Gasteiger partial charge in [-0.25, -0.2) is 4.79 Å². The lowest BCUT2D eigenvalue weighted by Crippen LogP contribution is -2.48. The minimum absolute atomic E-state index is 0.125. The van der Waals surface area contributed by atoms with E-state index in [-0.39, 0.29) is 6.42 Å². The van der Waals surface area contributed by atoms with Crippen molar-refractivity contribution in [2.75, 3.05) is 13.1 Å². The number of nitrogens with zero attached hydrogens (tertiary/aromatic N) is 1. The molecule has 0 aromatic heterocycles. The van der Waals surface area contributed by atoms with E-state index < -0.39 is 43.0 Å². The quantitative estimate of drug-likeness (QED) is 0.434.